The quantitative estimate of drug-likeness (QED) is 0.680. The Morgan fingerprint density at radius 2 is 2.04 bits per heavy atom. The van der Waals surface area contributed by atoms with Crippen LogP contribution in [0, 0.1) is 6.92 Å². The van der Waals surface area contributed by atoms with Gasteiger partial charge in [0.2, 0.25) is 5.89 Å². The fourth-order valence-corrected chi connectivity index (χ4v) is 3.30. The van der Waals surface area contributed by atoms with Gasteiger partial charge in [-0.1, -0.05) is 23.4 Å². The van der Waals surface area contributed by atoms with E-state index in [-0.39, 0.29) is 24.9 Å². The molecule has 1 amide bonds. The molecule has 0 atom stereocenters. The van der Waals surface area contributed by atoms with E-state index in [0.29, 0.717) is 23.3 Å². The molecule has 1 saturated heterocycles. The Bertz CT molecular complexity index is 918. The predicted octanol–water partition coefficient (Wildman–Crippen LogP) is 2.52. The van der Waals surface area contributed by atoms with Crippen LogP contribution in [0.4, 0.5) is 0 Å². The number of nitrogens with zero attached hydrogens (tertiary/aromatic N) is 4. The van der Waals surface area contributed by atoms with E-state index in [1.165, 1.54) is 0 Å². The Morgan fingerprint density at radius 1 is 1.29 bits per heavy atom. The van der Waals surface area contributed by atoms with E-state index in [1.807, 2.05) is 41.9 Å². The maximum absolute atomic E-state index is 12.5. The minimum absolute atomic E-state index is 0. The Hall–Kier alpha value is -2.71. The van der Waals surface area contributed by atoms with Gasteiger partial charge in [0.1, 0.15) is 6.26 Å². The maximum atomic E-state index is 12.5. The Kier molecular flexibility index (Phi) is 6.43. The summed E-state index contributed by atoms with van der Waals surface area (Å²) in [5, 5.41) is 14.5. The van der Waals surface area contributed by atoms with Crippen molar-refractivity contribution in [3.63, 3.8) is 0 Å². The van der Waals surface area contributed by atoms with E-state index in [4.69, 9.17) is 4.42 Å². The molecule has 2 N–H and O–H groups in total. The zero-order valence-corrected chi connectivity index (χ0v) is 16.4. The van der Waals surface area contributed by atoms with E-state index in [0.717, 1.165) is 37.2 Å². The summed E-state index contributed by atoms with van der Waals surface area (Å²) in [6.07, 6.45) is 3.54. The lowest BCUT2D eigenvalue weighted by Crippen LogP contribution is -2.30. The molecular weight excluding hydrogens is 380 g/mol. The minimum Gasteiger partial charge on any atom is -0.444 e. The van der Waals surface area contributed by atoms with Gasteiger partial charge in [-0.25, -0.2) is 9.67 Å². The monoisotopic (exact) mass is 402 g/mol. The van der Waals surface area contributed by atoms with Crippen LogP contribution in [0.15, 0.2) is 41.0 Å². The lowest BCUT2D eigenvalue weighted by Gasteiger charge is -2.23. The van der Waals surface area contributed by atoms with E-state index < -0.39 is 0 Å². The fourth-order valence-electron chi connectivity index (χ4n) is 3.30. The van der Waals surface area contributed by atoms with E-state index in [1.54, 1.807) is 6.26 Å². The number of carbonyl (C=O) groups is 1. The highest BCUT2D eigenvalue weighted by Gasteiger charge is 2.23. The molecule has 9 heteroatoms. The van der Waals surface area contributed by atoms with E-state index >= 15 is 0 Å². The molecule has 148 valence electrons. The van der Waals surface area contributed by atoms with Gasteiger partial charge in [-0.15, -0.1) is 17.5 Å². The van der Waals surface area contributed by atoms with Crippen LogP contribution in [0.1, 0.15) is 40.8 Å². The van der Waals surface area contributed by atoms with Crippen LogP contribution >= 0.6 is 12.4 Å². The molecule has 1 aliphatic heterocycles. The largest absolute Gasteiger partial charge is 0.444 e. The second-order valence-electron chi connectivity index (χ2n) is 6.64. The number of aromatic nitrogens is 4. The molecule has 1 fully saturated rings. The van der Waals surface area contributed by atoms with Crippen LogP contribution in [0.25, 0.3) is 11.5 Å². The first-order valence-electron chi connectivity index (χ1n) is 9.13. The average molecular weight is 403 g/mol. The van der Waals surface area contributed by atoms with Crippen LogP contribution in [0.2, 0.25) is 0 Å². The molecule has 0 aliphatic carbocycles. The molecular formula is C19H23ClN6O2. The highest BCUT2D eigenvalue weighted by Crippen LogP contribution is 2.20. The topological polar surface area (TPSA) is 97.9 Å². The summed E-state index contributed by atoms with van der Waals surface area (Å²) in [4.78, 5) is 16.9. The van der Waals surface area contributed by atoms with Crippen molar-refractivity contribution in [3.8, 4) is 11.5 Å². The van der Waals surface area contributed by atoms with Crippen molar-refractivity contribution in [3.05, 3.63) is 53.7 Å². The lowest BCUT2D eigenvalue weighted by molar-refractivity contribution is 0.0944. The molecule has 3 aromatic rings. The molecule has 0 radical (unpaired) electrons. The number of amides is 1. The number of halogens is 1. The van der Waals surface area contributed by atoms with Gasteiger partial charge in [-0.2, -0.15) is 0 Å². The molecule has 0 spiro atoms. The third-order valence-corrected chi connectivity index (χ3v) is 4.80. The highest BCUT2D eigenvalue weighted by molar-refractivity contribution is 5.93. The smallest absolute Gasteiger partial charge is 0.274 e. The molecule has 0 bridgehead atoms. The van der Waals surface area contributed by atoms with Gasteiger partial charge in [0.05, 0.1) is 24.0 Å². The second kappa shape index (κ2) is 8.99. The summed E-state index contributed by atoms with van der Waals surface area (Å²) < 4.78 is 7.37. The van der Waals surface area contributed by atoms with Gasteiger partial charge in [-0.3, -0.25) is 4.79 Å². The first kappa shape index (κ1) is 20.0. The summed E-state index contributed by atoms with van der Waals surface area (Å²) in [5.74, 6) is 0.282. The van der Waals surface area contributed by atoms with Gasteiger partial charge in [0, 0.05) is 5.56 Å². The zero-order chi connectivity index (χ0) is 18.6. The van der Waals surface area contributed by atoms with Crippen LogP contribution in [-0.2, 0) is 6.54 Å². The van der Waals surface area contributed by atoms with Crippen LogP contribution in [0.5, 0.6) is 0 Å². The summed E-state index contributed by atoms with van der Waals surface area (Å²) in [5.41, 5.74) is 2.71. The lowest BCUT2D eigenvalue weighted by atomic mass is 10.1. The van der Waals surface area contributed by atoms with Crippen molar-refractivity contribution < 1.29 is 9.21 Å². The SMILES string of the molecule is Cc1c(C(=O)NCc2coc(-c3ccccc3)n2)nnn1C1CCNCC1.Cl. The molecule has 1 aliphatic rings. The Labute approximate surface area is 169 Å². The Morgan fingerprint density at radius 3 is 2.79 bits per heavy atom. The second-order valence-corrected chi connectivity index (χ2v) is 6.64. The van der Waals surface area contributed by atoms with E-state index in [2.05, 4.69) is 25.9 Å². The highest BCUT2D eigenvalue weighted by atomic mass is 35.5. The number of piperidine rings is 1. The van der Waals surface area contributed by atoms with Crippen molar-refractivity contribution in [1.29, 1.82) is 0 Å². The number of carbonyl (C=O) groups excluding carboxylic acids is 1. The van der Waals surface area contributed by atoms with Crippen LogP contribution < -0.4 is 10.6 Å². The normalized spacial score (nSPS) is 14.5. The van der Waals surface area contributed by atoms with Gasteiger partial charge in [0.15, 0.2) is 5.69 Å². The van der Waals surface area contributed by atoms with Crippen LogP contribution in [-0.4, -0.2) is 39.0 Å². The maximum Gasteiger partial charge on any atom is 0.274 e. The standard InChI is InChI=1S/C19H22N6O2.ClH/c1-13-17(23-24-25(13)16-7-9-20-10-8-16)18(26)21-11-15-12-27-19(22-15)14-5-3-2-4-6-14;/h2-6,12,16,20H,7-11H2,1H3,(H,21,26);1H. The molecule has 28 heavy (non-hydrogen) atoms. The molecule has 4 rings (SSSR count). The molecule has 1 aromatic carbocycles. The summed E-state index contributed by atoms with van der Waals surface area (Å²) in [7, 11) is 0. The molecule has 0 saturated carbocycles. The number of hydrogen-bond donors (Lipinski definition) is 2. The fraction of sp³-hybridized carbons (Fsp3) is 0.368. The zero-order valence-electron chi connectivity index (χ0n) is 15.6. The minimum atomic E-state index is -0.253. The van der Waals surface area contributed by atoms with Gasteiger partial charge < -0.3 is 15.1 Å². The van der Waals surface area contributed by atoms with Crippen molar-refractivity contribution >= 4 is 18.3 Å². The van der Waals surface area contributed by atoms with E-state index in [9.17, 15) is 4.79 Å². The van der Waals surface area contributed by atoms with Crippen molar-refractivity contribution in [2.45, 2.75) is 32.4 Å². The number of nitrogens with one attached hydrogen (secondary N) is 2. The van der Waals surface area contributed by atoms with Gasteiger partial charge >= 0.3 is 0 Å². The molecule has 0 unspecified atom stereocenters. The van der Waals surface area contributed by atoms with Crippen LogP contribution in [0.3, 0.4) is 0 Å². The van der Waals surface area contributed by atoms with Gasteiger partial charge in [-0.05, 0) is 45.0 Å². The summed E-state index contributed by atoms with van der Waals surface area (Å²) in [6.45, 7) is 4.08. The molecule has 2 aromatic heterocycles. The number of oxazole rings is 1. The first-order chi connectivity index (χ1) is 13.2. The number of benzene rings is 1. The summed E-state index contributed by atoms with van der Waals surface area (Å²) >= 11 is 0. The Balaban J connectivity index is 0.00000225. The predicted molar refractivity (Wildman–Crippen MR) is 106 cm³/mol. The third kappa shape index (κ3) is 4.23. The van der Waals surface area contributed by atoms with Crippen molar-refractivity contribution in [2.24, 2.45) is 0 Å². The third-order valence-electron chi connectivity index (χ3n) is 4.80. The molecule has 3 heterocycles. The van der Waals surface area contributed by atoms with Gasteiger partial charge in [0.25, 0.3) is 5.91 Å². The number of rotatable bonds is 5. The first-order valence-corrected chi connectivity index (χ1v) is 9.13. The average Bonchev–Trinajstić information content (AvgIpc) is 3.34. The van der Waals surface area contributed by atoms with Crippen molar-refractivity contribution in [1.82, 2.24) is 30.6 Å². The van der Waals surface area contributed by atoms with Crippen molar-refractivity contribution in [2.75, 3.05) is 13.1 Å². The molecule has 8 nitrogen and oxygen atoms in total. The number of hydrogen-bond acceptors (Lipinski definition) is 6. The summed E-state index contributed by atoms with van der Waals surface area (Å²) in [6, 6.07) is 9.94.